The fourth-order valence-corrected chi connectivity index (χ4v) is 4.26. The van der Waals surface area contributed by atoms with Gasteiger partial charge in [0, 0.05) is 38.8 Å². The maximum atomic E-state index is 5.42. The van der Waals surface area contributed by atoms with Gasteiger partial charge in [0.05, 0.1) is 14.2 Å². The van der Waals surface area contributed by atoms with Crippen molar-refractivity contribution in [1.82, 2.24) is 9.80 Å². The van der Waals surface area contributed by atoms with Crippen LogP contribution >= 0.6 is 0 Å². The van der Waals surface area contributed by atoms with Gasteiger partial charge in [-0.3, -0.25) is 9.80 Å². The minimum absolute atomic E-state index is 0.803. The molecule has 0 bridgehead atoms. The number of piperazine rings is 1. The van der Waals surface area contributed by atoms with Crippen molar-refractivity contribution in [3.63, 3.8) is 0 Å². The van der Waals surface area contributed by atoms with Gasteiger partial charge >= 0.3 is 0 Å². The van der Waals surface area contributed by atoms with Crippen molar-refractivity contribution < 1.29 is 9.47 Å². The van der Waals surface area contributed by atoms with Crippen LogP contribution in [0.25, 0.3) is 0 Å². The summed E-state index contributed by atoms with van der Waals surface area (Å²) in [6, 6.07) is 7.09. The molecule has 134 valence electrons. The second-order valence-corrected chi connectivity index (χ2v) is 7.43. The smallest absolute Gasteiger partial charge is 0.161 e. The van der Waals surface area contributed by atoms with Crippen LogP contribution in [0.4, 0.5) is 0 Å². The van der Waals surface area contributed by atoms with Crippen molar-refractivity contribution in [2.75, 3.05) is 40.4 Å². The van der Waals surface area contributed by atoms with Crippen molar-refractivity contribution in [3.05, 3.63) is 23.8 Å². The molecule has 4 nitrogen and oxygen atoms in total. The summed E-state index contributed by atoms with van der Waals surface area (Å²) in [4.78, 5) is 5.30. The van der Waals surface area contributed by atoms with Crippen LogP contribution in [0.5, 0.6) is 11.5 Å². The Morgan fingerprint density at radius 1 is 1.00 bits per heavy atom. The number of ether oxygens (including phenoxy) is 2. The molecule has 1 saturated heterocycles. The predicted molar refractivity (Wildman–Crippen MR) is 97.8 cm³/mol. The molecular formula is C20H32N2O2. The van der Waals surface area contributed by atoms with Crippen molar-refractivity contribution in [1.29, 1.82) is 0 Å². The molecule has 0 spiro atoms. The van der Waals surface area contributed by atoms with E-state index in [1.165, 1.54) is 57.4 Å². The fourth-order valence-electron chi connectivity index (χ4n) is 4.26. The van der Waals surface area contributed by atoms with E-state index >= 15 is 0 Å². The lowest BCUT2D eigenvalue weighted by molar-refractivity contribution is 0.0659. The van der Waals surface area contributed by atoms with Crippen molar-refractivity contribution in [2.45, 2.75) is 45.2 Å². The molecule has 1 heterocycles. The molecule has 4 heteroatoms. The molecule has 1 aliphatic heterocycles. The van der Waals surface area contributed by atoms with Gasteiger partial charge in [-0.1, -0.05) is 25.8 Å². The van der Waals surface area contributed by atoms with Crippen molar-refractivity contribution in [2.24, 2.45) is 5.92 Å². The summed E-state index contributed by atoms with van der Waals surface area (Å²) in [6.45, 7) is 8.17. The number of nitrogens with zero attached hydrogens (tertiary/aromatic N) is 2. The molecule has 2 atom stereocenters. The van der Waals surface area contributed by atoms with Crippen molar-refractivity contribution >= 4 is 0 Å². The van der Waals surface area contributed by atoms with E-state index in [0.29, 0.717) is 0 Å². The Bertz CT molecular complexity index is 526. The minimum Gasteiger partial charge on any atom is -0.493 e. The van der Waals surface area contributed by atoms with Gasteiger partial charge in [-0.15, -0.1) is 0 Å². The lowest BCUT2D eigenvalue weighted by Crippen LogP contribution is -2.50. The summed E-state index contributed by atoms with van der Waals surface area (Å²) in [6.07, 6.45) is 5.64. The van der Waals surface area contributed by atoms with Crippen LogP contribution < -0.4 is 9.47 Å². The first-order valence-electron chi connectivity index (χ1n) is 9.37. The highest BCUT2D eigenvalue weighted by atomic mass is 16.5. The molecule has 0 amide bonds. The number of hydrogen-bond donors (Lipinski definition) is 0. The van der Waals surface area contributed by atoms with E-state index in [4.69, 9.17) is 9.47 Å². The van der Waals surface area contributed by atoms with Crippen LogP contribution in [0.1, 0.15) is 38.2 Å². The maximum absolute atomic E-state index is 5.42. The first-order valence-corrected chi connectivity index (χ1v) is 9.37. The second kappa shape index (κ2) is 8.21. The average Bonchev–Trinajstić information content (AvgIpc) is 2.62. The number of benzene rings is 1. The van der Waals surface area contributed by atoms with Crippen LogP contribution in [-0.4, -0.2) is 56.2 Å². The standard InChI is InChI=1S/C20H32N2O2/c1-16-5-4-6-18(13-16)22-11-9-21(10-12-22)15-17-7-8-19(23-2)20(14-17)24-3/h7-8,14,16,18H,4-6,9-13,15H2,1-3H3/t16-,18-/m1/s1. The topological polar surface area (TPSA) is 24.9 Å². The highest BCUT2D eigenvalue weighted by Crippen LogP contribution is 2.29. The lowest BCUT2D eigenvalue weighted by atomic mass is 9.86. The third kappa shape index (κ3) is 4.22. The zero-order valence-corrected chi connectivity index (χ0v) is 15.5. The predicted octanol–water partition coefficient (Wildman–Crippen LogP) is 3.40. The van der Waals surface area contributed by atoms with E-state index in [9.17, 15) is 0 Å². The van der Waals surface area contributed by atoms with Crippen LogP contribution in [0.2, 0.25) is 0 Å². The molecule has 0 aromatic heterocycles. The summed E-state index contributed by atoms with van der Waals surface area (Å²) in [5.74, 6) is 2.54. The van der Waals surface area contributed by atoms with Crippen LogP contribution in [0.15, 0.2) is 18.2 Å². The molecule has 0 unspecified atom stereocenters. The van der Waals surface area contributed by atoms with E-state index < -0.39 is 0 Å². The molecule has 2 fully saturated rings. The normalized spacial score (nSPS) is 26.3. The third-order valence-corrected chi connectivity index (χ3v) is 5.69. The number of hydrogen-bond acceptors (Lipinski definition) is 4. The molecule has 3 rings (SSSR count). The highest BCUT2D eigenvalue weighted by molar-refractivity contribution is 5.42. The van der Waals surface area contributed by atoms with Gasteiger partial charge in [0.25, 0.3) is 0 Å². The van der Waals surface area contributed by atoms with Gasteiger partial charge in [-0.05, 0) is 36.5 Å². The van der Waals surface area contributed by atoms with Gasteiger partial charge in [0.15, 0.2) is 11.5 Å². The van der Waals surface area contributed by atoms with Crippen LogP contribution in [-0.2, 0) is 6.54 Å². The molecule has 1 aromatic rings. The number of methoxy groups -OCH3 is 2. The zero-order valence-electron chi connectivity index (χ0n) is 15.5. The van der Waals surface area contributed by atoms with E-state index in [2.05, 4.69) is 28.9 Å². The van der Waals surface area contributed by atoms with E-state index in [-0.39, 0.29) is 0 Å². The Labute approximate surface area is 146 Å². The largest absolute Gasteiger partial charge is 0.493 e. The van der Waals surface area contributed by atoms with Gasteiger partial charge in [-0.25, -0.2) is 0 Å². The molecule has 1 saturated carbocycles. The Hall–Kier alpha value is -1.26. The van der Waals surface area contributed by atoms with E-state index in [1.54, 1.807) is 14.2 Å². The molecule has 1 aliphatic carbocycles. The first-order chi connectivity index (χ1) is 11.7. The molecule has 1 aromatic carbocycles. The van der Waals surface area contributed by atoms with Gasteiger partial charge in [0.1, 0.15) is 0 Å². The SMILES string of the molecule is COc1ccc(CN2CCN([C@@H]3CCC[C@@H](C)C3)CC2)cc1OC. The first kappa shape index (κ1) is 17.6. The van der Waals surface area contributed by atoms with Gasteiger partial charge < -0.3 is 9.47 Å². The van der Waals surface area contributed by atoms with Crippen LogP contribution in [0.3, 0.4) is 0 Å². The third-order valence-electron chi connectivity index (χ3n) is 5.69. The fraction of sp³-hybridized carbons (Fsp3) is 0.700. The Morgan fingerprint density at radius 2 is 1.75 bits per heavy atom. The average molecular weight is 332 g/mol. The maximum Gasteiger partial charge on any atom is 0.161 e. The summed E-state index contributed by atoms with van der Waals surface area (Å²) in [5, 5.41) is 0. The Morgan fingerprint density at radius 3 is 2.42 bits per heavy atom. The Balaban J connectivity index is 1.52. The van der Waals surface area contributed by atoms with E-state index in [0.717, 1.165) is 30.0 Å². The summed E-state index contributed by atoms with van der Waals surface area (Å²) in [5.41, 5.74) is 1.30. The molecule has 2 aliphatic rings. The van der Waals surface area contributed by atoms with Gasteiger partial charge in [-0.2, -0.15) is 0 Å². The summed E-state index contributed by atoms with van der Waals surface area (Å²) >= 11 is 0. The summed E-state index contributed by atoms with van der Waals surface area (Å²) < 4.78 is 10.7. The van der Waals surface area contributed by atoms with Crippen LogP contribution in [0, 0.1) is 5.92 Å². The zero-order chi connectivity index (χ0) is 16.9. The van der Waals surface area contributed by atoms with E-state index in [1.807, 2.05) is 6.07 Å². The lowest BCUT2D eigenvalue weighted by Gasteiger charge is -2.42. The second-order valence-electron chi connectivity index (χ2n) is 7.43. The molecule has 0 N–H and O–H groups in total. The number of rotatable bonds is 5. The van der Waals surface area contributed by atoms with Gasteiger partial charge in [0.2, 0.25) is 0 Å². The molecule has 24 heavy (non-hydrogen) atoms. The molecular weight excluding hydrogens is 300 g/mol. The Kier molecular flexibility index (Phi) is 6.01. The van der Waals surface area contributed by atoms with Crippen molar-refractivity contribution in [3.8, 4) is 11.5 Å². The monoisotopic (exact) mass is 332 g/mol. The molecule has 0 radical (unpaired) electrons. The quantitative estimate of drug-likeness (QED) is 0.825. The highest BCUT2D eigenvalue weighted by Gasteiger charge is 2.27. The minimum atomic E-state index is 0.803. The summed E-state index contributed by atoms with van der Waals surface area (Å²) in [7, 11) is 3.38.